The molecule has 3 aliphatic carbocycles. The smallest absolute Gasteiger partial charge is 0.261 e. The molecule has 32 heavy (non-hydrogen) atoms. The van der Waals surface area contributed by atoms with Crippen LogP contribution < -0.4 is 10.1 Å². The van der Waals surface area contributed by atoms with E-state index >= 15 is 0 Å². The summed E-state index contributed by atoms with van der Waals surface area (Å²) >= 11 is 12.0. The van der Waals surface area contributed by atoms with Crippen LogP contribution in [0.1, 0.15) is 43.1 Å². The van der Waals surface area contributed by atoms with Crippen LogP contribution in [0.2, 0.25) is 10.0 Å². The van der Waals surface area contributed by atoms with Crippen LogP contribution in [0.5, 0.6) is 5.75 Å². The maximum absolute atomic E-state index is 12.9. The predicted octanol–water partition coefficient (Wildman–Crippen LogP) is 4.82. The topological polar surface area (TPSA) is 84.6 Å². The maximum Gasteiger partial charge on any atom is 0.261 e. The lowest BCUT2D eigenvalue weighted by molar-refractivity contribution is -0.149. The molecule has 0 radical (unpaired) electrons. The van der Waals surface area contributed by atoms with Crippen molar-refractivity contribution >= 4 is 29.1 Å². The van der Waals surface area contributed by atoms with Gasteiger partial charge in [0.15, 0.2) is 6.10 Å². The number of aromatic nitrogens is 1. The lowest BCUT2D eigenvalue weighted by atomic mass is 9.38. The Morgan fingerprint density at radius 3 is 2.53 bits per heavy atom. The van der Waals surface area contributed by atoms with Crippen molar-refractivity contribution in [2.24, 2.45) is 0 Å². The van der Waals surface area contributed by atoms with Crippen LogP contribution in [-0.4, -0.2) is 27.8 Å². The van der Waals surface area contributed by atoms with Gasteiger partial charge in [-0.15, -0.1) is 0 Å². The highest BCUT2D eigenvalue weighted by Gasteiger charge is 2.71. The monoisotopic (exact) mass is 470 g/mol. The number of rotatable bonds is 4. The average Bonchev–Trinajstić information content (AvgIpc) is 3.20. The first-order valence-corrected chi connectivity index (χ1v) is 11.3. The SMILES string of the molecule is O=C(NC12CC(c3cc(-c4ccc(Cl)cc4)no3)(C1)C2)[C@@H]1C[C@@H](O)c2cc(Cl)ccc2O1. The summed E-state index contributed by atoms with van der Waals surface area (Å²) in [5.74, 6) is 1.16. The van der Waals surface area contributed by atoms with E-state index in [1.807, 2.05) is 30.3 Å². The molecule has 2 aromatic carbocycles. The molecular formula is C24H20Cl2N2O4. The molecule has 6 nitrogen and oxygen atoms in total. The molecule has 3 fully saturated rings. The summed E-state index contributed by atoms with van der Waals surface area (Å²) in [4.78, 5) is 12.9. The van der Waals surface area contributed by atoms with Gasteiger partial charge in [-0.3, -0.25) is 4.79 Å². The van der Waals surface area contributed by atoms with E-state index in [9.17, 15) is 9.90 Å². The van der Waals surface area contributed by atoms with Gasteiger partial charge in [-0.05, 0) is 49.6 Å². The summed E-state index contributed by atoms with van der Waals surface area (Å²) < 4.78 is 11.5. The number of hydrogen-bond acceptors (Lipinski definition) is 5. The fraction of sp³-hybridized carbons (Fsp3) is 0.333. The molecule has 3 saturated carbocycles. The molecule has 1 aromatic heterocycles. The summed E-state index contributed by atoms with van der Waals surface area (Å²) in [6.45, 7) is 0. The van der Waals surface area contributed by atoms with Gasteiger partial charge in [-0.1, -0.05) is 40.5 Å². The number of hydrogen-bond donors (Lipinski definition) is 2. The molecule has 164 valence electrons. The molecular weight excluding hydrogens is 451 g/mol. The highest BCUT2D eigenvalue weighted by Crippen LogP contribution is 2.68. The Hall–Kier alpha value is -2.54. The zero-order valence-electron chi connectivity index (χ0n) is 17.0. The number of ether oxygens (including phenoxy) is 1. The Balaban J connectivity index is 1.10. The van der Waals surface area contributed by atoms with Crippen LogP contribution in [0.25, 0.3) is 11.3 Å². The molecule has 2 bridgehead atoms. The molecule has 2 atom stereocenters. The number of carbonyl (C=O) groups excluding carboxylic acids is 1. The summed E-state index contributed by atoms with van der Waals surface area (Å²) in [7, 11) is 0. The molecule has 4 aliphatic rings. The molecule has 2 N–H and O–H groups in total. The largest absolute Gasteiger partial charge is 0.480 e. The second kappa shape index (κ2) is 6.98. The zero-order valence-corrected chi connectivity index (χ0v) is 18.5. The van der Waals surface area contributed by atoms with Gasteiger partial charge in [0.05, 0.1) is 6.10 Å². The van der Waals surface area contributed by atoms with E-state index < -0.39 is 12.2 Å². The molecule has 0 unspecified atom stereocenters. The first kappa shape index (κ1) is 20.1. The van der Waals surface area contributed by atoms with Crippen molar-refractivity contribution in [3.05, 3.63) is 69.9 Å². The Labute approximate surface area is 194 Å². The summed E-state index contributed by atoms with van der Waals surface area (Å²) in [5, 5.41) is 19.0. The third kappa shape index (κ3) is 3.12. The lowest BCUT2D eigenvalue weighted by Crippen LogP contribution is -2.77. The summed E-state index contributed by atoms with van der Waals surface area (Å²) in [5.41, 5.74) is 2.05. The number of aliphatic hydroxyl groups is 1. The van der Waals surface area contributed by atoms with Crippen molar-refractivity contribution in [3.63, 3.8) is 0 Å². The summed E-state index contributed by atoms with van der Waals surface area (Å²) in [6, 6.07) is 14.5. The predicted molar refractivity (Wildman–Crippen MR) is 119 cm³/mol. The number of amides is 1. The molecule has 2 heterocycles. The second-order valence-corrected chi connectivity index (χ2v) is 10.1. The fourth-order valence-electron chi connectivity index (χ4n) is 5.38. The van der Waals surface area contributed by atoms with Crippen LogP contribution >= 0.6 is 23.2 Å². The third-order valence-electron chi connectivity index (χ3n) is 6.92. The number of carbonyl (C=O) groups is 1. The molecule has 0 spiro atoms. The van der Waals surface area contributed by atoms with Gasteiger partial charge in [0.1, 0.15) is 17.2 Å². The lowest BCUT2D eigenvalue weighted by Gasteiger charge is -2.69. The van der Waals surface area contributed by atoms with Crippen molar-refractivity contribution in [1.29, 1.82) is 0 Å². The number of benzene rings is 2. The number of fused-ring (bicyclic) bond motifs is 1. The Morgan fingerprint density at radius 2 is 1.78 bits per heavy atom. The van der Waals surface area contributed by atoms with Crippen LogP contribution in [0, 0.1) is 0 Å². The number of halogens is 2. The Kier molecular flexibility index (Phi) is 4.38. The Bertz CT molecular complexity index is 1200. The zero-order chi connectivity index (χ0) is 22.1. The van der Waals surface area contributed by atoms with Gasteiger partial charge in [-0.2, -0.15) is 0 Å². The van der Waals surface area contributed by atoms with Crippen LogP contribution in [0.3, 0.4) is 0 Å². The van der Waals surface area contributed by atoms with Crippen molar-refractivity contribution in [2.45, 2.75) is 48.8 Å². The van der Waals surface area contributed by atoms with E-state index in [0.717, 1.165) is 36.3 Å². The maximum atomic E-state index is 12.9. The minimum atomic E-state index is -0.784. The molecule has 3 aromatic rings. The first-order valence-electron chi connectivity index (χ1n) is 10.5. The number of aliphatic hydroxyl groups excluding tert-OH is 1. The van der Waals surface area contributed by atoms with Gasteiger partial charge in [0.2, 0.25) is 0 Å². The molecule has 1 amide bonds. The van der Waals surface area contributed by atoms with E-state index in [0.29, 0.717) is 21.4 Å². The van der Waals surface area contributed by atoms with E-state index in [1.54, 1.807) is 18.2 Å². The normalized spacial score (nSPS) is 29.8. The van der Waals surface area contributed by atoms with E-state index in [1.165, 1.54) is 0 Å². The quantitative estimate of drug-likeness (QED) is 0.570. The summed E-state index contributed by atoms with van der Waals surface area (Å²) in [6.07, 6.45) is 1.11. The van der Waals surface area contributed by atoms with Crippen LogP contribution in [0.4, 0.5) is 0 Å². The van der Waals surface area contributed by atoms with Gasteiger partial charge in [0.25, 0.3) is 5.91 Å². The van der Waals surface area contributed by atoms with Crippen molar-refractivity contribution in [1.82, 2.24) is 10.5 Å². The first-order chi connectivity index (χ1) is 15.3. The van der Waals surface area contributed by atoms with Crippen molar-refractivity contribution in [3.8, 4) is 17.0 Å². The molecule has 0 saturated heterocycles. The van der Waals surface area contributed by atoms with Crippen LogP contribution in [-0.2, 0) is 10.2 Å². The molecule has 8 heteroatoms. The minimum Gasteiger partial charge on any atom is -0.480 e. The number of nitrogens with one attached hydrogen (secondary N) is 1. The van der Waals surface area contributed by atoms with E-state index in [4.69, 9.17) is 32.5 Å². The van der Waals surface area contributed by atoms with E-state index in [-0.39, 0.29) is 23.3 Å². The molecule has 7 rings (SSSR count). The minimum absolute atomic E-state index is 0.0682. The van der Waals surface area contributed by atoms with Gasteiger partial charge in [0, 0.05) is 44.6 Å². The standard InChI is InChI=1S/C24H20Cl2N2O4/c25-14-3-1-13(2-4-14)17-8-21(32-28-17)23-10-24(11-23,12-23)27-22(30)20-9-18(29)16-7-15(26)5-6-19(16)31-20/h1-8,18,20,29H,9-12H2,(H,27,30)/t18-,20+,23?,24?/m1/s1. The van der Waals surface area contributed by atoms with E-state index in [2.05, 4.69) is 10.5 Å². The Morgan fingerprint density at radius 1 is 1.06 bits per heavy atom. The highest BCUT2D eigenvalue weighted by molar-refractivity contribution is 6.31. The van der Waals surface area contributed by atoms with Crippen molar-refractivity contribution < 1.29 is 19.2 Å². The average molecular weight is 471 g/mol. The van der Waals surface area contributed by atoms with Crippen LogP contribution in [0.15, 0.2) is 53.1 Å². The van der Waals surface area contributed by atoms with Gasteiger partial charge >= 0.3 is 0 Å². The second-order valence-electron chi connectivity index (χ2n) is 9.20. The van der Waals surface area contributed by atoms with Gasteiger partial charge in [-0.25, -0.2) is 0 Å². The number of nitrogens with zero attached hydrogens (tertiary/aromatic N) is 1. The highest BCUT2D eigenvalue weighted by atomic mass is 35.5. The van der Waals surface area contributed by atoms with Crippen molar-refractivity contribution in [2.75, 3.05) is 0 Å². The third-order valence-corrected chi connectivity index (χ3v) is 7.41. The van der Waals surface area contributed by atoms with Gasteiger partial charge < -0.3 is 19.7 Å². The fourth-order valence-corrected chi connectivity index (χ4v) is 5.69. The molecule has 1 aliphatic heterocycles.